The molecule has 0 bridgehead atoms. The zero-order valence-electron chi connectivity index (χ0n) is 36.7. The van der Waals surface area contributed by atoms with Crippen molar-refractivity contribution in [1.29, 1.82) is 0 Å². The third-order valence-electron chi connectivity index (χ3n) is 9.78. The average molecular weight is 1050 g/mol. The second-order valence-electron chi connectivity index (χ2n) is 15.0. The van der Waals surface area contributed by atoms with E-state index >= 15 is 0 Å². The van der Waals surface area contributed by atoms with Crippen molar-refractivity contribution >= 4 is 116 Å². The molecule has 0 heterocycles. The quantitative estimate of drug-likeness (QED) is 0.0430. The third kappa shape index (κ3) is 14.2. The Morgan fingerprint density at radius 2 is 0.900 bits per heavy atom. The molecular weight excluding hydrogens is 1020 g/mol. The maximum Gasteiger partial charge on any atom is 0.418 e. The summed E-state index contributed by atoms with van der Waals surface area (Å²) >= 11 is 24.1. The summed E-state index contributed by atoms with van der Waals surface area (Å²) in [6.07, 6.45) is -9.12. The highest BCUT2D eigenvalue weighted by atomic mass is 35.5. The van der Waals surface area contributed by atoms with Crippen LogP contribution in [0.25, 0.3) is 0 Å². The van der Waals surface area contributed by atoms with Crippen molar-refractivity contribution in [3.63, 3.8) is 0 Å². The van der Waals surface area contributed by atoms with E-state index in [0.717, 1.165) is 62.4 Å². The minimum absolute atomic E-state index is 0.0773. The number of ketones is 2. The van der Waals surface area contributed by atoms with Crippen LogP contribution < -0.4 is 21.3 Å². The Labute approximate surface area is 414 Å². The summed E-state index contributed by atoms with van der Waals surface area (Å²) in [6.45, 7) is 5.61. The van der Waals surface area contributed by atoms with Gasteiger partial charge in [-0.25, -0.2) is 0 Å². The summed E-state index contributed by atoms with van der Waals surface area (Å²) in [6, 6.07) is 11.7. The van der Waals surface area contributed by atoms with Crippen LogP contribution in [-0.2, 0) is 44.4 Å². The van der Waals surface area contributed by atoms with Crippen LogP contribution in [0.3, 0.4) is 0 Å². The summed E-state index contributed by atoms with van der Waals surface area (Å²) < 4.78 is 81.6. The fourth-order valence-electron chi connectivity index (χ4n) is 6.49. The number of Topliss-reactive ketones (excluding diaryl/α,β-unsaturated/α-hetero) is 2. The number of halogens is 10. The maximum absolute atomic E-state index is 13.7. The molecule has 2 atom stereocenters. The van der Waals surface area contributed by atoms with Crippen molar-refractivity contribution in [3.05, 3.63) is 138 Å². The van der Waals surface area contributed by atoms with Crippen LogP contribution in [-0.4, -0.2) is 47.3 Å². The van der Waals surface area contributed by atoms with Crippen LogP contribution in [0, 0.1) is 0 Å². The molecular formula is C46H36Cl4F6N8O6. The molecule has 5 aromatic carbocycles. The smallest absolute Gasteiger partial charge is 0.324 e. The van der Waals surface area contributed by atoms with Crippen LogP contribution in [0.5, 0.6) is 0 Å². The van der Waals surface area contributed by atoms with Crippen molar-refractivity contribution < 1.29 is 55.1 Å². The fourth-order valence-corrected chi connectivity index (χ4v) is 7.30. The molecule has 4 amide bonds. The van der Waals surface area contributed by atoms with Gasteiger partial charge < -0.3 is 21.3 Å². The van der Waals surface area contributed by atoms with Crippen molar-refractivity contribution in [2.75, 3.05) is 21.3 Å². The molecule has 0 aliphatic rings. The van der Waals surface area contributed by atoms with Gasteiger partial charge in [0, 0.05) is 42.6 Å². The Hall–Kier alpha value is -6.74. The van der Waals surface area contributed by atoms with Gasteiger partial charge >= 0.3 is 12.4 Å². The molecule has 0 fully saturated rings. The second kappa shape index (κ2) is 22.8. The van der Waals surface area contributed by atoms with Gasteiger partial charge in [0.2, 0.25) is 12.1 Å². The minimum atomic E-state index is -4.83. The van der Waals surface area contributed by atoms with E-state index in [4.69, 9.17) is 46.4 Å². The van der Waals surface area contributed by atoms with Gasteiger partial charge in [0.1, 0.15) is 0 Å². The first-order chi connectivity index (χ1) is 32.8. The number of amides is 4. The number of carbonyl (C=O) groups is 6. The van der Waals surface area contributed by atoms with Crippen LogP contribution in [0.4, 0.5) is 60.5 Å². The molecule has 5 rings (SSSR count). The van der Waals surface area contributed by atoms with Crippen LogP contribution in [0.1, 0.15) is 70.7 Å². The van der Waals surface area contributed by atoms with E-state index in [-0.39, 0.29) is 66.8 Å². The maximum atomic E-state index is 13.7. The van der Waals surface area contributed by atoms with Gasteiger partial charge in [0.05, 0.1) is 33.9 Å². The van der Waals surface area contributed by atoms with Gasteiger partial charge in [-0.1, -0.05) is 60.3 Å². The highest BCUT2D eigenvalue weighted by Gasteiger charge is 2.35. The lowest BCUT2D eigenvalue weighted by Gasteiger charge is -2.19. The molecule has 0 aliphatic carbocycles. The summed E-state index contributed by atoms with van der Waals surface area (Å²) in [5, 5.41) is 24.9. The number of hydrogen-bond donors (Lipinski definition) is 4. The van der Waals surface area contributed by atoms with Crippen molar-refractivity contribution in [3.8, 4) is 0 Å². The number of benzene rings is 5. The van der Waals surface area contributed by atoms with E-state index < -0.39 is 82.1 Å². The molecule has 2 unspecified atom stereocenters. The molecule has 5 aromatic rings. The standard InChI is InChI=1S/C46H36Cl4F6N8O6/c1-5-23-13-31(57-43(69)38(21(3)65)63-61-32-15-25(11-29(49)17-32)41(67)58-36-19-27(47)7-9-34(36)45(51,52)53)14-24(6-2)40(23)60-44(70)39(22(4)66)64-62-33-16-26(12-30(50)18-33)42(68)59-37-20-28(48)8-10-35(37)46(54,55)56/h7-20,38-39H,5-6H2,1-4H3,(H,57,69)(H,58,67)(H,59,68)(H,60,70). The molecule has 0 spiro atoms. The number of nitrogens with one attached hydrogen (secondary N) is 4. The SMILES string of the molecule is CCc1cc(NC(=O)C(N=Nc2cc(Cl)cc(C(=O)Nc3cc(Cl)ccc3C(F)(F)F)c2)C(C)=O)cc(CC)c1NC(=O)C(N=Nc1cc(Cl)cc(C(=O)Nc2cc(Cl)ccc2C(F)(F)F)c1)C(C)=O. The highest BCUT2D eigenvalue weighted by molar-refractivity contribution is 6.32. The zero-order valence-corrected chi connectivity index (χ0v) is 39.7. The van der Waals surface area contributed by atoms with Gasteiger partial charge in [0.25, 0.3) is 23.6 Å². The predicted octanol–water partition coefficient (Wildman–Crippen LogP) is 13.3. The van der Waals surface area contributed by atoms with E-state index in [1.807, 2.05) is 0 Å². The predicted molar refractivity (Wildman–Crippen MR) is 252 cm³/mol. The average Bonchev–Trinajstić information content (AvgIpc) is 3.25. The van der Waals surface area contributed by atoms with Gasteiger partial charge in [-0.2, -0.15) is 46.8 Å². The monoisotopic (exact) mass is 1050 g/mol. The molecule has 70 heavy (non-hydrogen) atoms. The molecule has 0 saturated heterocycles. The molecule has 0 aliphatic heterocycles. The van der Waals surface area contributed by atoms with Crippen molar-refractivity contribution in [2.45, 2.75) is 65.0 Å². The van der Waals surface area contributed by atoms with Crippen molar-refractivity contribution in [2.24, 2.45) is 20.5 Å². The summed E-state index contributed by atoms with van der Waals surface area (Å²) in [5.41, 5.74) is -2.95. The Morgan fingerprint density at radius 1 is 0.514 bits per heavy atom. The minimum Gasteiger partial charge on any atom is -0.324 e. The number of hydrogen-bond acceptors (Lipinski definition) is 10. The number of carbonyl (C=O) groups excluding carboxylic acids is 6. The van der Waals surface area contributed by atoms with E-state index in [2.05, 4.69) is 41.7 Å². The van der Waals surface area contributed by atoms with E-state index in [0.29, 0.717) is 23.3 Å². The van der Waals surface area contributed by atoms with Crippen molar-refractivity contribution in [1.82, 2.24) is 0 Å². The number of azo groups is 2. The summed E-state index contributed by atoms with van der Waals surface area (Å²) in [4.78, 5) is 78.7. The number of anilines is 4. The first kappa shape index (κ1) is 54.2. The Balaban J connectivity index is 1.32. The van der Waals surface area contributed by atoms with Gasteiger partial charge in [0.15, 0.2) is 11.6 Å². The van der Waals surface area contributed by atoms with Crippen LogP contribution >= 0.6 is 46.4 Å². The normalized spacial score (nSPS) is 12.7. The lowest BCUT2D eigenvalue weighted by molar-refractivity contribution is -0.137. The third-order valence-corrected chi connectivity index (χ3v) is 10.7. The zero-order chi connectivity index (χ0) is 51.8. The molecule has 4 N–H and O–H groups in total. The lowest BCUT2D eigenvalue weighted by Crippen LogP contribution is -2.33. The molecule has 0 aromatic heterocycles. The largest absolute Gasteiger partial charge is 0.418 e. The van der Waals surface area contributed by atoms with Gasteiger partial charge in [-0.3, -0.25) is 28.8 Å². The lowest BCUT2D eigenvalue weighted by atomic mass is 10.0. The van der Waals surface area contributed by atoms with Gasteiger partial charge in [-0.05, 0) is 123 Å². The molecule has 24 heteroatoms. The first-order valence-electron chi connectivity index (χ1n) is 20.3. The molecule has 0 saturated carbocycles. The Kier molecular flexibility index (Phi) is 17.6. The topological polar surface area (TPSA) is 200 Å². The second-order valence-corrected chi connectivity index (χ2v) is 16.7. The number of rotatable bonds is 16. The molecule has 0 radical (unpaired) electrons. The Bertz CT molecular complexity index is 2940. The van der Waals surface area contributed by atoms with E-state index in [9.17, 15) is 55.1 Å². The van der Waals surface area contributed by atoms with Crippen LogP contribution in [0.15, 0.2) is 105 Å². The summed E-state index contributed by atoms with van der Waals surface area (Å²) in [7, 11) is 0. The molecule has 14 nitrogen and oxygen atoms in total. The molecule has 366 valence electrons. The summed E-state index contributed by atoms with van der Waals surface area (Å²) in [5.74, 6) is -5.40. The van der Waals surface area contributed by atoms with E-state index in [1.165, 1.54) is 24.3 Å². The van der Waals surface area contributed by atoms with E-state index in [1.54, 1.807) is 13.8 Å². The number of nitrogens with zero attached hydrogens (tertiary/aromatic N) is 4. The first-order valence-corrected chi connectivity index (χ1v) is 21.9. The number of alkyl halides is 6. The van der Waals surface area contributed by atoms with Crippen LogP contribution in [0.2, 0.25) is 20.1 Å². The highest BCUT2D eigenvalue weighted by Crippen LogP contribution is 2.38. The fraction of sp³-hybridized carbons (Fsp3) is 0.217. The number of aryl methyl sites for hydroxylation is 2. The Morgan fingerprint density at radius 3 is 1.26 bits per heavy atom. The van der Waals surface area contributed by atoms with Gasteiger partial charge in [-0.15, -0.1) is 0 Å².